The van der Waals surface area contributed by atoms with E-state index in [1.165, 1.54) is 19.3 Å². The van der Waals surface area contributed by atoms with Gasteiger partial charge in [-0.25, -0.2) is 0 Å². The first kappa shape index (κ1) is 10.2. The van der Waals surface area contributed by atoms with Gasteiger partial charge in [0.05, 0.1) is 0 Å². The molecule has 86 valence electrons. The normalized spacial score (nSPS) is 56.8. The molecule has 1 spiro atoms. The van der Waals surface area contributed by atoms with Crippen molar-refractivity contribution in [1.82, 2.24) is 0 Å². The molecule has 2 bridgehead atoms. The molecule has 3 aliphatic carbocycles. The standard InChI is InChI=1S/C15H26/c1-10-7-8-15-9-12(10)14(3,4)13(15)6-5-11(15)2/h10-13H,5-9H2,1-4H3. The second kappa shape index (κ2) is 2.81. The predicted molar refractivity (Wildman–Crippen MR) is 64.6 cm³/mol. The van der Waals surface area contributed by atoms with Crippen molar-refractivity contribution >= 4 is 0 Å². The van der Waals surface area contributed by atoms with Crippen molar-refractivity contribution in [3.8, 4) is 0 Å². The van der Waals surface area contributed by atoms with E-state index in [1.807, 2.05) is 0 Å². The van der Waals surface area contributed by atoms with Gasteiger partial charge in [0.2, 0.25) is 0 Å². The highest BCUT2D eigenvalue weighted by Gasteiger charge is 2.64. The largest absolute Gasteiger partial charge is 0.0622 e. The minimum Gasteiger partial charge on any atom is -0.0622 e. The molecular weight excluding hydrogens is 180 g/mol. The minimum absolute atomic E-state index is 0.640. The molecule has 0 aromatic rings. The Labute approximate surface area is 94.8 Å². The van der Waals surface area contributed by atoms with Gasteiger partial charge >= 0.3 is 0 Å². The van der Waals surface area contributed by atoms with E-state index in [1.54, 1.807) is 12.8 Å². The van der Waals surface area contributed by atoms with Crippen LogP contribution in [-0.2, 0) is 0 Å². The van der Waals surface area contributed by atoms with E-state index >= 15 is 0 Å². The fourth-order valence-electron chi connectivity index (χ4n) is 5.88. The lowest BCUT2D eigenvalue weighted by molar-refractivity contribution is 0.104. The smallest absolute Gasteiger partial charge is 0.0235 e. The molecule has 0 radical (unpaired) electrons. The summed E-state index contributed by atoms with van der Waals surface area (Å²) in [6, 6.07) is 0. The van der Waals surface area contributed by atoms with Gasteiger partial charge in [-0.05, 0) is 66.6 Å². The monoisotopic (exact) mass is 206 g/mol. The van der Waals surface area contributed by atoms with E-state index in [9.17, 15) is 0 Å². The highest BCUT2D eigenvalue weighted by molar-refractivity contribution is 5.13. The van der Waals surface area contributed by atoms with Gasteiger partial charge in [-0.3, -0.25) is 0 Å². The van der Waals surface area contributed by atoms with Crippen LogP contribution in [0, 0.1) is 34.5 Å². The first-order valence-corrected chi connectivity index (χ1v) is 6.98. The topological polar surface area (TPSA) is 0 Å². The summed E-state index contributed by atoms with van der Waals surface area (Å²) in [7, 11) is 0. The van der Waals surface area contributed by atoms with Crippen LogP contribution < -0.4 is 0 Å². The van der Waals surface area contributed by atoms with Gasteiger partial charge in [0.1, 0.15) is 0 Å². The van der Waals surface area contributed by atoms with Crippen LogP contribution in [-0.4, -0.2) is 0 Å². The maximum absolute atomic E-state index is 2.57. The first-order chi connectivity index (χ1) is 6.98. The van der Waals surface area contributed by atoms with Crippen LogP contribution in [0.4, 0.5) is 0 Å². The summed E-state index contributed by atoms with van der Waals surface area (Å²) in [5.41, 5.74) is 1.42. The highest BCUT2D eigenvalue weighted by atomic mass is 14.7. The Kier molecular flexibility index (Phi) is 1.91. The van der Waals surface area contributed by atoms with Gasteiger partial charge in [-0.1, -0.05) is 27.7 Å². The molecule has 0 aromatic carbocycles. The Morgan fingerprint density at radius 1 is 1.00 bits per heavy atom. The lowest BCUT2D eigenvalue weighted by Gasteiger charge is -2.39. The van der Waals surface area contributed by atoms with Gasteiger partial charge in [-0.15, -0.1) is 0 Å². The van der Waals surface area contributed by atoms with Crippen molar-refractivity contribution in [2.75, 3.05) is 0 Å². The lowest BCUT2D eigenvalue weighted by atomic mass is 9.66. The predicted octanol–water partition coefficient (Wildman–Crippen LogP) is 4.49. The molecule has 0 heterocycles. The molecule has 0 heteroatoms. The quantitative estimate of drug-likeness (QED) is 0.547. The Bertz CT molecular complexity index is 278. The zero-order valence-electron chi connectivity index (χ0n) is 10.8. The fraction of sp³-hybridized carbons (Fsp3) is 1.00. The van der Waals surface area contributed by atoms with Gasteiger partial charge in [-0.2, -0.15) is 0 Å². The summed E-state index contributed by atoms with van der Waals surface area (Å²) in [4.78, 5) is 0. The number of fused-ring (bicyclic) bond motifs is 1. The van der Waals surface area contributed by atoms with Crippen molar-refractivity contribution < 1.29 is 0 Å². The van der Waals surface area contributed by atoms with E-state index < -0.39 is 0 Å². The molecule has 0 N–H and O–H groups in total. The lowest BCUT2D eigenvalue weighted by Crippen LogP contribution is -2.30. The van der Waals surface area contributed by atoms with E-state index in [0.29, 0.717) is 5.41 Å². The van der Waals surface area contributed by atoms with Crippen LogP contribution in [0.25, 0.3) is 0 Å². The van der Waals surface area contributed by atoms with Crippen LogP contribution >= 0.6 is 0 Å². The van der Waals surface area contributed by atoms with E-state index in [-0.39, 0.29) is 0 Å². The molecule has 3 fully saturated rings. The molecule has 5 atom stereocenters. The van der Waals surface area contributed by atoms with Crippen LogP contribution in [0.15, 0.2) is 0 Å². The summed E-state index contributed by atoms with van der Waals surface area (Å²) in [6.45, 7) is 10.2. The summed E-state index contributed by atoms with van der Waals surface area (Å²) >= 11 is 0. The van der Waals surface area contributed by atoms with Crippen molar-refractivity contribution in [2.24, 2.45) is 34.5 Å². The molecule has 3 rings (SSSR count). The average molecular weight is 206 g/mol. The Morgan fingerprint density at radius 2 is 1.73 bits per heavy atom. The third-order valence-corrected chi connectivity index (χ3v) is 6.77. The molecule has 3 aliphatic rings. The van der Waals surface area contributed by atoms with Crippen LogP contribution in [0.5, 0.6) is 0 Å². The zero-order chi connectivity index (χ0) is 10.8. The second-order valence-electron chi connectivity index (χ2n) is 7.41. The zero-order valence-corrected chi connectivity index (χ0v) is 10.8. The van der Waals surface area contributed by atoms with Crippen LogP contribution in [0.3, 0.4) is 0 Å². The molecule has 0 nitrogen and oxygen atoms in total. The Morgan fingerprint density at radius 3 is 2.47 bits per heavy atom. The van der Waals surface area contributed by atoms with E-state index in [4.69, 9.17) is 0 Å². The third kappa shape index (κ3) is 1.04. The maximum atomic E-state index is 2.57. The summed E-state index contributed by atoms with van der Waals surface area (Å²) in [5.74, 6) is 4.08. The maximum Gasteiger partial charge on any atom is -0.0235 e. The van der Waals surface area contributed by atoms with Crippen molar-refractivity contribution in [3.05, 3.63) is 0 Å². The molecule has 0 amide bonds. The van der Waals surface area contributed by atoms with Gasteiger partial charge in [0.25, 0.3) is 0 Å². The number of hydrogen-bond acceptors (Lipinski definition) is 0. The highest BCUT2D eigenvalue weighted by Crippen LogP contribution is 2.72. The van der Waals surface area contributed by atoms with Crippen LogP contribution in [0.2, 0.25) is 0 Å². The van der Waals surface area contributed by atoms with E-state index in [0.717, 1.165) is 29.1 Å². The van der Waals surface area contributed by atoms with Crippen molar-refractivity contribution in [2.45, 2.75) is 59.8 Å². The first-order valence-electron chi connectivity index (χ1n) is 6.98. The second-order valence-corrected chi connectivity index (χ2v) is 7.41. The Hall–Kier alpha value is 0. The van der Waals surface area contributed by atoms with Crippen LogP contribution in [0.1, 0.15) is 59.8 Å². The molecular formula is C15H26. The summed E-state index contributed by atoms with van der Waals surface area (Å²) in [6.07, 6.45) is 7.65. The average Bonchev–Trinajstić information content (AvgIpc) is 2.57. The molecule has 5 unspecified atom stereocenters. The number of rotatable bonds is 0. The SMILES string of the molecule is CC1CCC23CC1C(C)(C)C2CCC3C. The molecule has 3 saturated carbocycles. The van der Waals surface area contributed by atoms with Gasteiger partial charge in [0.15, 0.2) is 0 Å². The molecule has 0 aliphatic heterocycles. The van der Waals surface area contributed by atoms with Crippen molar-refractivity contribution in [1.29, 1.82) is 0 Å². The molecule has 0 aromatic heterocycles. The van der Waals surface area contributed by atoms with E-state index in [2.05, 4.69) is 27.7 Å². The van der Waals surface area contributed by atoms with Gasteiger partial charge < -0.3 is 0 Å². The summed E-state index contributed by atoms with van der Waals surface area (Å²) < 4.78 is 0. The minimum atomic E-state index is 0.640. The number of hydrogen-bond donors (Lipinski definition) is 0. The fourth-order valence-corrected chi connectivity index (χ4v) is 5.88. The van der Waals surface area contributed by atoms with Gasteiger partial charge in [0, 0.05) is 0 Å². The Balaban J connectivity index is 2.04. The third-order valence-electron chi connectivity index (χ3n) is 6.77. The molecule has 15 heavy (non-hydrogen) atoms. The summed E-state index contributed by atoms with van der Waals surface area (Å²) in [5, 5.41) is 0. The van der Waals surface area contributed by atoms with Crippen molar-refractivity contribution in [3.63, 3.8) is 0 Å². The molecule has 0 saturated heterocycles.